The van der Waals surface area contributed by atoms with Gasteiger partial charge in [0.1, 0.15) is 23.0 Å². The predicted molar refractivity (Wildman–Crippen MR) is 139 cm³/mol. The molecule has 4 aromatic rings. The molecular formula is C31H22N2O6. The van der Waals surface area contributed by atoms with Crippen LogP contribution in [-0.2, 0) is 11.2 Å². The number of nitrogens with zero attached hydrogens (tertiary/aromatic N) is 2. The summed E-state index contributed by atoms with van der Waals surface area (Å²) >= 11 is 0. The average Bonchev–Trinajstić information content (AvgIpc) is 3.19. The number of benzene rings is 3. The third-order valence-corrected chi connectivity index (χ3v) is 7.76. The Labute approximate surface area is 223 Å². The highest BCUT2D eigenvalue weighted by molar-refractivity contribution is 6.21. The molecule has 192 valence electrons. The molecule has 0 radical (unpaired) electrons. The van der Waals surface area contributed by atoms with Crippen LogP contribution in [0.3, 0.4) is 0 Å². The molecule has 7 rings (SSSR count). The van der Waals surface area contributed by atoms with E-state index in [4.69, 9.17) is 13.9 Å². The smallest absolute Gasteiger partial charge is 0.346 e. The molecule has 3 aromatic carbocycles. The van der Waals surface area contributed by atoms with Gasteiger partial charge in [0, 0.05) is 19.4 Å². The van der Waals surface area contributed by atoms with E-state index in [9.17, 15) is 19.6 Å². The Hall–Kier alpha value is -4.74. The van der Waals surface area contributed by atoms with Gasteiger partial charge < -0.3 is 13.9 Å². The maximum atomic E-state index is 13.1. The Morgan fingerprint density at radius 2 is 1.69 bits per heavy atom. The molecule has 3 aliphatic rings. The van der Waals surface area contributed by atoms with Gasteiger partial charge in [-0.25, -0.2) is 4.79 Å². The van der Waals surface area contributed by atoms with Crippen molar-refractivity contribution >= 4 is 22.8 Å². The summed E-state index contributed by atoms with van der Waals surface area (Å²) in [6.07, 6.45) is 1.29. The molecule has 0 fully saturated rings. The number of carbonyl (C=O) groups is 2. The second-order valence-electron chi connectivity index (χ2n) is 10.1. The topological polar surface area (TPSA) is 110 Å². The third-order valence-electron chi connectivity index (χ3n) is 7.76. The molecule has 0 N–H and O–H groups in total. The first-order valence-electron chi connectivity index (χ1n) is 12.9. The number of rotatable bonds is 5. The number of fused-ring (bicyclic) bond motifs is 9. The molecule has 3 aliphatic heterocycles. The quantitative estimate of drug-likeness (QED) is 0.210. The van der Waals surface area contributed by atoms with E-state index >= 15 is 0 Å². The summed E-state index contributed by atoms with van der Waals surface area (Å²) in [4.78, 5) is 39.9. The van der Waals surface area contributed by atoms with Crippen LogP contribution in [0.4, 0.5) is 0 Å². The SMILES string of the molecule is N#Cc1ccc2c(c1)C[C@]1(CCCCN3C(=O)c4ccccc4C3=O)Oc3c(c(=O)oc4ccccc34)[C@H]2O1. The van der Waals surface area contributed by atoms with E-state index in [1.165, 1.54) is 4.90 Å². The highest BCUT2D eigenvalue weighted by atomic mass is 16.7. The maximum absolute atomic E-state index is 13.1. The normalized spacial score (nSPS) is 20.7. The second kappa shape index (κ2) is 8.65. The minimum atomic E-state index is -1.09. The Morgan fingerprint density at radius 1 is 0.949 bits per heavy atom. The molecule has 0 saturated heterocycles. The fourth-order valence-electron chi connectivity index (χ4n) is 5.93. The fourth-order valence-corrected chi connectivity index (χ4v) is 5.93. The number of ether oxygens (including phenoxy) is 2. The molecule has 4 heterocycles. The standard InChI is InChI=1S/C31H22N2O6/c32-17-18-11-12-20-19(15-18)16-31(13-5-6-14-33-28(34)21-7-1-2-8-22(21)29(33)35)38-26(20)25-27(39-31)23-9-3-4-10-24(23)37-30(25)36/h1-4,7-12,15,26H,5-6,13-14,16H2/t26-,31-/m0/s1. The van der Waals surface area contributed by atoms with Crippen molar-refractivity contribution in [2.45, 2.75) is 37.6 Å². The zero-order valence-electron chi connectivity index (χ0n) is 20.8. The van der Waals surface area contributed by atoms with E-state index in [2.05, 4.69) is 6.07 Å². The van der Waals surface area contributed by atoms with Crippen LogP contribution < -0.4 is 10.4 Å². The Kier molecular flexibility index (Phi) is 5.19. The van der Waals surface area contributed by atoms with Crippen LogP contribution in [0.5, 0.6) is 5.75 Å². The van der Waals surface area contributed by atoms with Gasteiger partial charge in [0.25, 0.3) is 11.8 Å². The van der Waals surface area contributed by atoms with Gasteiger partial charge in [0.2, 0.25) is 5.79 Å². The van der Waals surface area contributed by atoms with Crippen LogP contribution >= 0.6 is 0 Å². The average molecular weight is 519 g/mol. The van der Waals surface area contributed by atoms with E-state index in [-0.39, 0.29) is 18.4 Å². The second-order valence-corrected chi connectivity index (χ2v) is 10.1. The van der Waals surface area contributed by atoms with Crippen molar-refractivity contribution in [1.29, 1.82) is 5.26 Å². The molecule has 8 heteroatoms. The van der Waals surface area contributed by atoms with E-state index in [1.807, 2.05) is 24.3 Å². The van der Waals surface area contributed by atoms with E-state index in [1.54, 1.807) is 42.5 Å². The molecule has 1 aromatic heterocycles. The zero-order chi connectivity index (χ0) is 26.7. The largest absolute Gasteiger partial charge is 0.461 e. The first-order chi connectivity index (χ1) is 19.0. The summed E-state index contributed by atoms with van der Waals surface area (Å²) in [5, 5.41) is 10.2. The lowest BCUT2D eigenvalue weighted by Crippen LogP contribution is -2.50. The molecular weight excluding hydrogens is 496 g/mol. The summed E-state index contributed by atoms with van der Waals surface area (Å²) in [5.74, 6) is -1.19. The van der Waals surface area contributed by atoms with Crippen molar-refractivity contribution in [3.8, 4) is 11.8 Å². The lowest BCUT2D eigenvalue weighted by molar-refractivity contribution is -0.232. The molecule has 2 bridgehead atoms. The van der Waals surface area contributed by atoms with Crippen molar-refractivity contribution in [3.63, 3.8) is 0 Å². The van der Waals surface area contributed by atoms with Crippen molar-refractivity contribution < 1.29 is 23.5 Å². The molecule has 0 saturated carbocycles. The summed E-state index contributed by atoms with van der Waals surface area (Å²) in [7, 11) is 0. The molecule has 0 spiro atoms. The van der Waals surface area contributed by atoms with Gasteiger partial charge in [-0.2, -0.15) is 5.26 Å². The van der Waals surface area contributed by atoms with Crippen LogP contribution in [0.25, 0.3) is 11.0 Å². The number of imide groups is 1. The van der Waals surface area contributed by atoms with Gasteiger partial charge in [-0.1, -0.05) is 30.3 Å². The number of amides is 2. The number of carbonyl (C=O) groups excluding carboxylic acids is 2. The minimum Gasteiger partial charge on any atom is -0.461 e. The van der Waals surface area contributed by atoms with Crippen molar-refractivity contribution in [2.75, 3.05) is 6.54 Å². The summed E-state index contributed by atoms with van der Waals surface area (Å²) in [6.45, 7) is 0.282. The molecule has 2 atom stereocenters. The summed E-state index contributed by atoms with van der Waals surface area (Å²) in [5.41, 5.74) is 3.28. The van der Waals surface area contributed by atoms with Crippen LogP contribution in [-0.4, -0.2) is 29.0 Å². The molecule has 0 unspecified atom stereocenters. The van der Waals surface area contributed by atoms with Crippen LogP contribution in [0, 0.1) is 11.3 Å². The van der Waals surface area contributed by atoms with Gasteiger partial charge in [-0.15, -0.1) is 0 Å². The lowest BCUT2D eigenvalue weighted by Gasteiger charge is -2.46. The van der Waals surface area contributed by atoms with Crippen LogP contribution in [0.1, 0.15) is 68.3 Å². The minimum absolute atomic E-state index is 0.276. The Bertz CT molecular complexity index is 1770. The summed E-state index contributed by atoms with van der Waals surface area (Å²) in [6, 6.07) is 21.6. The van der Waals surface area contributed by atoms with Crippen molar-refractivity contribution in [1.82, 2.24) is 4.90 Å². The first-order valence-corrected chi connectivity index (χ1v) is 12.9. The number of nitriles is 1. The van der Waals surface area contributed by atoms with Crippen molar-refractivity contribution in [3.05, 3.63) is 111 Å². The van der Waals surface area contributed by atoms with Crippen LogP contribution in [0.15, 0.2) is 75.9 Å². The van der Waals surface area contributed by atoms with E-state index in [0.29, 0.717) is 64.7 Å². The number of hydrogen-bond acceptors (Lipinski definition) is 7. The van der Waals surface area contributed by atoms with Gasteiger partial charge in [0.15, 0.2) is 0 Å². The van der Waals surface area contributed by atoms with Crippen molar-refractivity contribution in [2.24, 2.45) is 0 Å². The Balaban J connectivity index is 1.20. The van der Waals surface area contributed by atoms with E-state index in [0.717, 1.165) is 11.1 Å². The first kappa shape index (κ1) is 23.4. The summed E-state index contributed by atoms with van der Waals surface area (Å²) < 4.78 is 18.7. The van der Waals surface area contributed by atoms with Gasteiger partial charge in [-0.05, 0) is 60.4 Å². The van der Waals surface area contributed by atoms with Gasteiger partial charge in [-0.3, -0.25) is 14.5 Å². The Morgan fingerprint density at radius 3 is 2.46 bits per heavy atom. The zero-order valence-corrected chi connectivity index (χ0v) is 20.8. The van der Waals surface area contributed by atoms with Gasteiger partial charge >= 0.3 is 5.63 Å². The fraction of sp³-hybridized carbons (Fsp3) is 0.226. The molecule has 0 aliphatic carbocycles. The van der Waals surface area contributed by atoms with Crippen LogP contribution in [0.2, 0.25) is 0 Å². The monoisotopic (exact) mass is 518 g/mol. The number of hydrogen-bond donors (Lipinski definition) is 0. The molecule has 39 heavy (non-hydrogen) atoms. The maximum Gasteiger partial charge on any atom is 0.346 e. The highest BCUT2D eigenvalue weighted by Gasteiger charge is 2.49. The molecule has 2 amide bonds. The number of unbranched alkanes of at least 4 members (excludes halogenated alkanes) is 1. The predicted octanol–water partition coefficient (Wildman–Crippen LogP) is 4.88. The van der Waals surface area contributed by atoms with E-state index < -0.39 is 17.5 Å². The molecule has 8 nitrogen and oxygen atoms in total. The number of para-hydroxylation sites is 1. The highest BCUT2D eigenvalue weighted by Crippen LogP contribution is 2.50. The van der Waals surface area contributed by atoms with Gasteiger partial charge in [0.05, 0.1) is 28.1 Å². The third kappa shape index (κ3) is 3.58. The lowest BCUT2D eigenvalue weighted by atomic mass is 9.84.